The third-order valence-electron chi connectivity index (χ3n) is 3.11. The molecule has 0 N–H and O–H groups in total. The van der Waals surface area contributed by atoms with Gasteiger partial charge in [0, 0.05) is 0 Å². The van der Waals surface area contributed by atoms with Crippen LogP contribution in [0.2, 0.25) is 0 Å². The molecule has 0 amide bonds. The number of methoxy groups -OCH3 is 1. The summed E-state index contributed by atoms with van der Waals surface area (Å²) >= 11 is 0. The minimum atomic E-state index is -0.412. The Hall–Kier alpha value is -2.49. The molecule has 19 heavy (non-hydrogen) atoms. The normalized spacial score (nSPS) is 10.8. The van der Waals surface area contributed by atoms with E-state index in [4.69, 9.17) is 9.15 Å². The van der Waals surface area contributed by atoms with Crippen molar-refractivity contribution in [2.75, 3.05) is 7.11 Å². The molecule has 0 radical (unpaired) electrons. The smallest absolute Gasteiger partial charge is 0.422 e. The molecule has 0 saturated carbocycles. The fourth-order valence-electron chi connectivity index (χ4n) is 2.17. The molecule has 0 aliphatic heterocycles. The summed E-state index contributed by atoms with van der Waals surface area (Å²) < 4.78 is 11.3. The third kappa shape index (κ3) is 2.12. The molecule has 0 bridgehead atoms. The quantitative estimate of drug-likeness (QED) is 0.722. The number of benzene rings is 2. The highest BCUT2D eigenvalue weighted by atomic mass is 16.6. The van der Waals surface area contributed by atoms with Crippen LogP contribution in [0.4, 0.5) is 0 Å². The second-order valence-electron chi connectivity index (χ2n) is 4.29. The first kappa shape index (κ1) is 11.6. The van der Waals surface area contributed by atoms with Crippen LogP contribution in [0.1, 0.15) is 5.56 Å². The Labute approximate surface area is 109 Å². The topological polar surface area (TPSA) is 44.4 Å². The number of oxazole rings is 1. The second kappa shape index (κ2) is 4.65. The Morgan fingerprint density at radius 1 is 1.16 bits per heavy atom. The van der Waals surface area contributed by atoms with Gasteiger partial charge in [-0.1, -0.05) is 42.5 Å². The van der Waals surface area contributed by atoms with Gasteiger partial charge in [0.25, 0.3) is 0 Å². The Balaban J connectivity index is 2.05. The predicted molar refractivity (Wildman–Crippen MR) is 72.6 cm³/mol. The van der Waals surface area contributed by atoms with Gasteiger partial charge in [-0.05, 0) is 16.3 Å². The van der Waals surface area contributed by atoms with Crippen LogP contribution >= 0.6 is 0 Å². The van der Waals surface area contributed by atoms with Crippen LogP contribution in [0.5, 0.6) is 5.95 Å². The number of hydrogen-bond acceptors (Lipinski definition) is 3. The molecule has 0 atom stereocenters. The summed E-state index contributed by atoms with van der Waals surface area (Å²) in [5, 5.41) is 2.29. The van der Waals surface area contributed by atoms with Crippen molar-refractivity contribution in [1.82, 2.24) is 4.57 Å². The van der Waals surface area contributed by atoms with E-state index >= 15 is 0 Å². The van der Waals surface area contributed by atoms with Crippen LogP contribution in [-0.2, 0) is 6.54 Å². The molecule has 0 aliphatic rings. The van der Waals surface area contributed by atoms with Gasteiger partial charge in [0.1, 0.15) is 0 Å². The molecule has 1 heterocycles. The molecule has 0 unspecified atom stereocenters. The van der Waals surface area contributed by atoms with E-state index in [-0.39, 0.29) is 5.95 Å². The molecule has 1 aromatic heterocycles. The lowest BCUT2D eigenvalue weighted by molar-refractivity contribution is 0.293. The third-order valence-corrected chi connectivity index (χ3v) is 3.11. The molecule has 4 heteroatoms. The summed E-state index contributed by atoms with van der Waals surface area (Å²) in [6.07, 6.45) is 1.57. The Kier molecular flexibility index (Phi) is 2.83. The van der Waals surface area contributed by atoms with Crippen molar-refractivity contribution in [3.63, 3.8) is 0 Å². The van der Waals surface area contributed by atoms with Crippen LogP contribution in [0.3, 0.4) is 0 Å². The number of rotatable bonds is 3. The zero-order valence-corrected chi connectivity index (χ0v) is 10.5. The van der Waals surface area contributed by atoms with Crippen LogP contribution in [-0.4, -0.2) is 11.7 Å². The number of hydrogen-bond donors (Lipinski definition) is 0. The second-order valence-corrected chi connectivity index (χ2v) is 4.29. The van der Waals surface area contributed by atoms with Crippen molar-refractivity contribution in [2.24, 2.45) is 0 Å². The zero-order chi connectivity index (χ0) is 13.2. The van der Waals surface area contributed by atoms with Crippen molar-refractivity contribution < 1.29 is 9.15 Å². The number of ether oxygens (including phenoxy) is 1. The van der Waals surface area contributed by atoms with Gasteiger partial charge < -0.3 is 9.15 Å². The molecular weight excluding hydrogens is 242 g/mol. The molecule has 0 spiro atoms. The van der Waals surface area contributed by atoms with Crippen LogP contribution in [0.25, 0.3) is 10.8 Å². The summed E-state index contributed by atoms with van der Waals surface area (Å²) in [6, 6.07) is 14.1. The van der Waals surface area contributed by atoms with E-state index in [0.717, 1.165) is 16.3 Å². The van der Waals surface area contributed by atoms with Crippen LogP contribution in [0.15, 0.2) is 57.9 Å². The number of aromatic nitrogens is 1. The largest absolute Gasteiger partial charge is 0.467 e. The maximum Gasteiger partial charge on any atom is 0.422 e. The van der Waals surface area contributed by atoms with Crippen molar-refractivity contribution in [2.45, 2.75) is 6.54 Å². The molecule has 3 rings (SSSR count). The Morgan fingerprint density at radius 3 is 2.74 bits per heavy atom. The molecule has 0 aliphatic carbocycles. The van der Waals surface area contributed by atoms with Crippen molar-refractivity contribution in [3.8, 4) is 5.95 Å². The summed E-state index contributed by atoms with van der Waals surface area (Å²) in [5.74, 6) is -0.185. The van der Waals surface area contributed by atoms with Gasteiger partial charge in [0.15, 0.2) is 0 Å². The molecule has 4 nitrogen and oxygen atoms in total. The molecule has 0 fully saturated rings. The van der Waals surface area contributed by atoms with E-state index in [9.17, 15) is 4.79 Å². The van der Waals surface area contributed by atoms with Crippen molar-refractivity contribution >= 4 is 10.8 Å². The first-order valence-corrected chi connectivity index (χ1v) is 5.99. The lowest BCUT2D eigenvalue weighted by atomic mass is 10.0. The van der Waals surface area contributed by atoms with E-state index in [0.29, 0.717) is 6.54 Å². The van der Waals surface area contributed by atoms with Gasteiger partial charge in [-0.15, -0.1) is 0 Å². The molecule has 96 valence electrons. The maximum atomic E-state index is 11.7. The van der Waals surface area contributed by atoms with E-state index in [1.54, 1.807) is 6.20 Å². The minimum absolute atomic E-state index is 0.227. The zero-order valence-electron chi connectivity index (χ0n) is 10.5. The van der Waals surface area contributed by atoms with E-state index < -0.39 is 5.76 Å². The summed E-state index contributed by atoms with van der Waals surface area (Å²) in [7, 11) is 1.47. The van der Waals surface area contributed by atoms with Gasteiger partial charge in [0.2, 0.25) is 0 Å². The van der Waals surface area contributed by atoms with Crippen LogP contribution in [0, 0.1) is 0 Å². The van der Waals surface area contributed by atoms with Gasteiger partial charge in [-0.25, -0.2) is 4.79 Å². The fraction of sp³-hybridized carbons (Fsp3) is 0.133. The van der Waals surface area contributed by atoms with E-state index in [1.165, 1.54) is 11.7 Å². The van der Waals surface area contributed by atoms with Gasteiger partial charge in [-0.3, -0.25) is 4.57 Å². The molecule has 2 aromatic carbocycles. The van der Waals surface area contributed by atoms with Gasteiger partial charge >= 0.3 is 11.7 Å². The predicted octanol–water partition coefficient (Wildman–Crippen LogP) is 2.65. The van der Waals surface area contributed by atoms with E-state index in [2.05, 4.69) is 12.1 Å². The SMILES string of the molecule is COc1cn(Cc2cccc3ccccc23)c(=O)o1. The summed E-state index contributed by atoms with van der Waals surface area (Å²) in [6.45, 7) is 0.465. The number of fused-ring (bicyclic) bond motifs is 1. The highest BCUT2D eigenvalue weighted by molar-refractivity contribution is 5.85. The summed E-state index contributed by atoms with van der Waals surface area (Å²) in [4.78, 5) is 11.7. The minimum Gasteiger partial charge on any atom is -0.467 e. The van der Waals surface area contributed by atoms with Crippen molar-refractivity contribution in [3.05, 3.63) is 64.8 Å². The highest BCUT2D eigenvalue weighted by Gasteiger charge is 2.08. The van der Waals surface area contributed by atoms with Crippen LogP contribution < -0.4 is 10.5 Å². The first-order valence-electron chi connectivity index (χ1n) is 5.99. The van der Waals surface area contributed by atoms with E-state index in [1.807, 2.05) is 30.3 Å². The fourth-order valence-corrected chi connectivity index (χ4v) is 2.17. The molecular formula is C15H13NO3. The van der Waals surface area contributed by atoms with Gasteiger partial charge in [0.05, 0.1) is 19.9 Å². The average Bonchev–Trinajstić information content (AvgIpc) is 2.80. The summed E-state index contributed by atoms with van der Waals surface area (Å²) in [5.41, 5.74) is 1.07. The lowest BCUT2D eigenvalue weighted by Gasteiger charge is -2.05. The standard InChI is InChI=1S/C15H13NO3/c1-18-14-10-16(15(17)19-14)9-12-7-4-6-11-5-2-3-8-13(11)12/h2-8,10H,9H2,1H3. The number of nitrogens with zero attached hydrogens (tertiary/aromatic N) is 1. The molecule has 3 aromatic rings. The Morgan fingerprint density at radius 2 is 1.95 bits per heavy atom. The highest BCUT2D eigenvalue weighted by Crippen LogP contribution is 2.19. The van der Waals surface area contributed by atoms with Gasteiger partial charge in [-0.2, -0.15) is 0 Å². The monoisotopic (exact) mass is 255 g/mol. The Bertz CT molecular complexity index is 765. The maximum absolute atomic E-state index is 11.7. The average molecular weight is 255 g/mol. The molecule has 0 saturated heterocycles. The lowest BCUT2D eigenvalue weighted by Crippen LogP contribution is -2.14. The first-order chi connectivity index (χ1) is 9.28. The van der Waals surface area contributed by atoms with Crippen molar-refractivity contribution in [1.29, 1.82) is 0 Å².